The average Bonchev–Trinajstić information content (AvgIpc) is 2.26. The van der Waals surface area contributed by atoms with Crippen LogP contribution in [0.5, 0.6) is 0 Å². The average molecular weight is 209 g/mol. The summed E-state index contributed by atoms with van der Waals surface area (Å²) < 4.78 is 5.29. The zero-order valence-corrected chi connectivity index (χ0v) is 9.36. The maximum Gasteiger partial charge on any atom is 0.162 e. The predicted molar refractivity (Wildman–Crippen MR) is 61.8 cm³/mol. The van der Waals surface area contributed by atoms with E-state index < -0.39 is 5.79 Å². The van der Waals surface area contributed by atoms with Crippen molar-refractivity contribution in [2.75, 3.05) is 18.5 Å². The van der Waals surface area contributed by atoms with Gasteiger partial charge >= 0.3 is 0 Å². The molecule has 0 aliphatic rings. The molecule has 3 nitrogen and oxygen atoms in total. The molecule has 0 aliphatic heterocycles. The number of hydrogen-bond donors (Lipinski definition) is 2. The largest absolute Gasteiger partial charge is 0.383 e. The van der Waals surface area contributed by atoms with E-state index in [4.69, 9.17) is 4.74 Å². The maximum atomic E-state index is 9.57. The molecule has 0 bridgehead atoms. The van der Waals surface area contributed by atoms with Crippen LogP contribution in [0.4, 0.5) is 5.69 Å². The number of aliphatic hydroxyl groups is 1. The van der Waals surface area contributed by atoms with Crippen molar-refractivity contribution in [3.63, 3.8) is 0 Å². The quantitative estimate of drug-likeness (QED) is 0.557. The number of para-hydroxylation sites is 1. The molecule has 84 valence electrons. The van der Waals surface area contributed by atoms with Crippen molar-refractivity contribution in [2.24, 2.45) is 0 Å². The van der Waals surface area contributed by atoms with Crippen molar-refractivity contribution < 1.29 is 9.84 Å². The normalized spacial score (nSPS) is 14.6. The van der Waals surface area contributed by atoms with Crippen molar-refractivity contribution in [1.82, 2.24) is 0 Å². The van der Waals surface area contributed by atoms with Crippen LogP contribution in [0, 0.1) is 0 Å². The predicted octanol–water partition coefficient (Wildman–Crippen LogP) is 2.23. The molecular weight excluding hydrogens is 190 g/mol. The van der Waals surface area contributed by atoms with Gasteiger partial charge in [0, 0.05) is 12.2 Å². The number of rotatable bonds is 6. The molecule has 0 radical (unpaired) electrons. The third-order valence-electron chi connectivity index (χ3n) is 2.27. The Balaban J connectivity index is 2.18. The first-order chi connectivity index (χ1) is 7.14. The lowest BCUT2D eigenvalue weighted by molar-refractivity contribution is -0.188. The molecule has 0 aliphatic carbocycles. The van der Waals surface area contributed by atoms with Gasteiger partial charge in [-0.15, -0.1) is 0 Å². The number of hydrogen-bond acceptors (Lipinski definition) is 3. The van der Waals surface area contributed by atoms with E-state index in [2.05, 4.69) is 5.32 Å². The van der Waals surface area contributed by atoms with Crippen molar-refractivity contribution in [1.29, 1.82) is 0 Å². The van der Waals surface area contributed by atoms with E-state index in [1.165, 1.54) is 0 Å². The molecule has 1 atom stereocenters. The van der Waals surface area contributed by atoms with Crippen molar-refractivity contribution in [3.05, 3.63) is 30.3 Å². The highest BCUT2D eigenvalue weighted by molar-refractivity contribution is 5.42. The molecule has 0 fully saturated rings. The van der Waals surface area contributed by atoms with Gasteiger partial charge in [-0.25, -0.2) is 0 Å². The first-order valence-electron chi connectivity index (χ1n) is 5.29. The van der Waals surface area contributed by atoms with E-state index in [-0.39, 0.29) is 0 Å². The van der Waals surface area contributed by atoms with Gasteiger partial charge in [0.2, 0.25) is 0 Å². The van der Waals surface area contributed by atoms with Gasteiger partial charge in [0.1, 0.15) is 0 Å². The molecule has 1 unspecified atom stereocenters. The highest BCUT2D eigenvalue weighted by Crippen LogP contribution is 2.10. The topological polar surface area (TPSA) is 41.5 Å². The summed E-state index contributed by atoms with van der Waals surface area (Å²) in [6.07, 6.45) is 0.596. The summed E-state index contributed by atoms with van der Waals surface area (Å²) in [4.78, 5) is 0. The van der Waals surface area contributed by atoms with Gasteiger partial charge < -0.3 is 15.2 Å². The van der Waals surface area contributed by atoms with Gasteiger partial charge in [-0.05, 0) is 25.5 Å². The Labute approximate surface area is 91.1 Å². The van der Waals surface area contributed by atoms with E-state index in [0.717, 1.165) is 5.69 Å². The second-order valence-electron chi connectivity index (χ2n) is 3.67. The zero-order valence-electron chi connectivity index (χ0n) is 9.36. The number of ether oxygens (including phenoxy) is 1. The Hall–Kier alpha value is -1.06. The summed E-state index contributed by atoms with van der Waals surface area (Å²) >= 11 is 0. The smallest absolute Gasteiger partial charge is 0.162 e. The minimum atomic E-state index is -1.00. The summed E-state index contributed by atoms with van der Waals surface area (Å²) in [6, 6.07) is 9.93. The standard InChI is InChI=1S/C12H19NO2/c1-3-12(2,14)15-10-9-13-11-7-5-4-6-8-11/h4-8,13-14H,3,9-10H2,1-2H3. The highest BCUT2D eigenvalue weighted by atomic mass is 16.6. The molecule has 0 amide bonds. The minimum Gasteiger partial charge on any atom is -0.383 e. The van der Waals surface area contributed by atoms with Crippen LogP contribution in [0.3, 0.4) is 0 Å². The van der Waals surface area contributed by atoms with Gasteiger partial charge in [0.15, 0.2) is 5.79 Å². The number of anilines is 1. The van der Waals surface area contributed by atoms with Crippen LogP contribution in [0.1, 0.15) is 20.3 Å². The van der Waals surface area contributed by atoms with Crippen LogP contribution in [-0.2, 0) is 4.74 Å². The van der Waals surface area contributed by atoms with Crippen LogP contribution in [-0.4, -0.2) is 24.0 Å². The lowest BCUT2D eigenvalue weighted by Crippen LogP contribution is -2.29. The van der Waals surface area contributed by atoms with E-state index >= 15 is 0 Å². The van der Waals surface area contributed by atoms with Crippen LogP contribution < -0.4 is 5.32 Å². The van der Waals surface area contributed by atoms with Crippen molar-refractivity contribution in [2.45, 2.75) is 26.1 Å². The van der Waals surface area contributed by atoms with Gasteiger partial charge in [0.25, 0.3) is 0 Å². The van der Waals surface area contributed by atoms with E-state index in [0.29, 0.717) is 19.6 Å². The SMILES string of the molecule is CCC(C)(O)OCCNc1ccccc1. The molecule has 1 rings (SSSR count). The fourth-order valence-electron chi connectivity index (χ4n) is 1.12. The van der Waals surface area contributed by atoms with E-state index in [1.54, 1.807) is 6.92 Å². The van der Waals surface area contributed by atoms with Crippen LogP contribution >= 0.6 is 0 Å². The third-order valence-corrected chi connectivity index (χ3v) is 2.27. The fourth-order valence-corrected chi connectivity index (χ4v) is 1.12. The van der Waals surface area contributed by atoms with Crippen LogP contribution in [0.15, 0.2) is 30.3 Å². The molecule has 1 aromatic carbocycles. The summed E-state index contributed by atoms with van der Waals surface area (Å²) in [7, 11) is 0. The Kier molecular flexibility index (Phi) is 4.59. The van der Waals surface area contributed by atoms with Gasteiger partial charge in [0.05, 0.1) is 6.61 Å². The first kappa shape index (κ1) is 12.0. The van der Waals surface area contributed by atoms with E-state index in [9.17, 15) is 5.11 Å². The van der Waals surface area contributed by atoms with Gasteiger partial charge in [-0.3, -0.25) is 0 Å². The molecule has 0 heterocycles. The molecule has 3 heteroatoms. The maximum absolute atomic E-state index is 9.57. The first-order valence-corrected chi connectivity index (χ1v) is 5.29. The summed E-state index contributed by atoms with van der Waals surface area (Å²) in [5.74, 6) is -1.00. The molecule has 0 spiro atoms. The Bertz CT molecular complexity index is 272. The minimum absolute atomic E-state index is 0.496. The number of benzene rings is 1. The molecular formula is C12H19NO2. The zero-order chi connectivity index (χ0) is 11.1. The molecule has 1 aromatic rings. The highest BCUT2D eigenvalue weighted by Gasteiger charge is 2.16. The lowest BCUT2D eigenvalue weighted by Gasteiger charge is -2.22. The van der Waals surface area contributed by atoms with Crippen LogP contribution in [0.2, 0.25) is 0 Å². The fraction of sp³-hybridized carbons (Fsp3) is 0.500. The van der Waals surface area contributed by atoms with Crippen LogP contribution in [0.25, 0.3) is 0 Å². The van der Waals surface area contributed by atoms with Gasteiger partial charge in [-0.1, -0.05) is 25.1 Å². The molecule has 0 saturated carbocycles. The summed E-state index contributed by atoms with van der Waals surface area (Å²) in [5.41, 5.74) is 1.07. The van der Waals surface area contributed by atoms with Crippen molar-refractivity contribution in [3.8, 4) is 0 Å². The number of nitrogens with one attached hydrogen (secondary N) is 1. The molecule has 0 saturated heterocycles. The summed E-state index contributed by atoms with van der Waals surface area (Å²) in [6.45, 7) is 4.76. The Morgan fingerprint density at radius 2 is 2.00 bits per heavy atom. The second-order valence-corrected chi connectivity index (χ2v) is 3.67. The van der Waals surface area contributed by atoms with Gasteiger partial charge in [-0.2, -0.15) is 0 Å². The second kappa shape index (κ2) is 5.73. The molecule has 2 N–H and O–H groups in total. The Morgan fingerprint density at radius 3 is 2.60 bits per heavy atom. The Morgan fingerprint density at radius 1 is 1.33 bits per heavy atom. The summed E-state index contributed by atoms with van der Waals surface area (Å²) in [5, 5.41) is 12.8. The lowest BCUT2D eigenvalue weighted by atomic mass is 10.2. The molecule has 0 aromatic heterocycles. The molecule has 15 heavy (non-hydrogen) atoms. The third kappa shape index (κ3) is 4.81. The monoisotopic (exact) mass is 209 g/mol. The van der Waals surface area contributed by atoms with E-state index in [1.807, 2.05) is 37.3 Å². The van der Waals surface area contributed by atoms with Crippen molar-refractivity contribution >= 4 is 5.69 Å².